The molecular weight excluding hydrogens is 316 g/mol. The van der Waals surface area contributed by atoms with Crippen molar-refractivity contribution in [1.29, 1.82) is 0 Å². The van der Waals surface area contributed by atoms with Gasteiger partial charge in [0.2, 0.25) is 0 Å². The van der Waals surface area contributed by atoms with Gasteiger partial charge in [-0.3, -0.25) is 0 Å². The lowest BCUT2D eigenvalue weighted by atomic mass is 10.1. The molecule has 1 saturated heterocycles. The second-order valence-electron chi connectivity index (χ2n) is 7.70. The minimum atomic E-state index is -0.0583. The summed E-state index contributed by atoms with van der Waals surface area (Å²) in [6, 6.07) is -0.0583. The van der Waals surface area contributed by atoms with Crippen molar-refractivity contribution in [2.45, 2.75) is 63.4 Å². The number of carbonyl (C=O) groups excluding carboxylic acids is 1. The van der Waals surface area contributed by atoms with Crippen molar-refractivity contribution in [3.05, 3.63) is 18.2 Å². The molecule has 1 aliphatic heterocycles. The van der Waals surface area contributed by atoms with E-state index in [1.54, 1.807) is 12.4 Å². The van der Waals surface area contributed by atoms with E-state index in [-0.39, 0.29) is 6.03 Å². The summed E-state index contributed by atoms with van der Waals surface area (Å²) >= 11 is 0. The number of carbonyl (C=O) groups is 1. The molecule has 0 aromatic carbocycles. The third-order valence-corrected chi connectivity index (χ3v) is 5.64. The van der Waals surface area contributed by atoms with Gasteiger partial charge in [-0.25, -0.2) is 14.8 Å². The summed E-state index contributed by atoms with van der Waals surface area (Å²) < 4.78 is 6.08. The van der Waals surface area contributed by atoms with E-state index in [9.17, 15) is 4.79 Å². The van der Waals surface area contributed by atoms with Gasteiger partial charge in [0, 0.05) is 25.6 Å². The number of rotatable bonds is 5. The average Bonchev–Trinajstić information content (AvgIpc) is 3.37. The first kappa shape index (κ1) is 16.8. The fraction of sp³-hybridized carbons (Fsp3) is 0.737. The number of ether oxygens (including phenoxy) is 1. The van der Waals surface area contributed by atoms with Crippen LogP contribution in [-0.4, -0.2) is 46.7 Å². The van der Waals surface area contributed by atoms with Crippen LogP contribution in [-0.2, 0) is 4.74 Å². The first-order valence-electron chi connectivity index (χ1n) is 9.77. The third-order valence-electron chi connectivity index (χ3n) is 5.64. The Hall–Kier alpha value is -1.69. The van der Waals surface area contributed by atoms with Crippen LogP contribution < -0.4 is 5.32 Å². The van der Waals surface area contributed by atoms with Crippen LogP contribution in [0.5, 0.6) is 0 Å². The Morgan fingerprint density at radius 2 is 1.76 bits per heavy atom. The summed E-state index contributed by atoms with van der Waals surface area (Å²) in [5, 5.41) is 2.91. The molecule has 2 heterocycles. The van der Waals surface area contributed by atoms with Crippen molar-refractivity contribution in [2.24, 2.45) is 5.92 Å². The van der Waals surface area contributed by atoms with Gasteiger partial charge in [-0.05, 0) is 44.4 Å². The van der Waals surface area contributed by atoms with E-state index >= 15 is 0 Å². The monoisotopic (exact) mass is 344 g/mol. The maximum atomic E-state index is 12.4. The number of anilines is 1. The molecule has 0 bridgehead atoms. The molecule has 1 aromatic heterocycles. The number of likely N-dealkylation sites (tertiary alicyclic amines) is 1. The van der Waals surface area contributed by atoms with E-state index in [0.29, 0.717) is 17.7 Å². The van der Waals surface area contributed by atoms with Crippen molar-refractivity contribution < 1.29 is 9.53 Å². The number of aromatic nitrogens is 2. The van der Waals surface area contributed by atoms with Crippen LogP contribution in [0.3, 0.4) is 0 Å². The highest BCUT2D eigenvalue weighted by atomic mass is 16.5. The number of piperidine rings is 1. The molecule has 0 unspecified atom stereocenters. The lowest BCUT2D eigenvalue weighted by Gasteiger charge is -2.32. The van der Waals surface area contributed by atoms with Gasteiger partial charge in [-0.1, -0.05) is 12.8 Å². The van der Waals surface area contributed by atoms with E-state index in [1.807, 2.05) is 4.90 Å². The van der Waals surface area contributed by atoms with Crippen LogP contribution in [0.15, 0.2) is 12.4 Å². The Bertz CT molecular complexity index is 574. The summed E-state index contributed by atoms with van der Waals surface area (Å²) in [6.45, 7) is 2.41. The highest BCUT2D eigenvalue weighted by molar-refractivity contribution is 5.89. The van der Waals surface area contributed by atoms with Gasteiger partial charge >= 0.3 is 6.03 Å². The molecule has 1 aromatic rings. The van der Waals surface area contributed by atoms with Gasteiger partial charge < -0.3 is 15.0 Å². The molecule has 1 N–H and O–H groups in total. The van der Waals surface area contributed by atoms with E-state index in [4.69, 9.17) is 4.74 Å². The first-order chi connectivity index (χ1) is 12.3. The van der Waals surface area contributed by atoms with E-state index in [2.05, 4.69) is 15.3 Å². The predicted octanol–water partition coefficient (Wildman–Crippen LogP) is 3.56. The van der Waals surface area contributed by atoms with E-state index in [0.717, 1.165) is 44.3 Å². The zero-order valence-corrected chi connectivity index (χ0v) is 14.8. The molecule has 0 atom stereocenters. The van der Waals surface area contributed by atoms with Crippen LogP contribution in [0, 0.1) is 5.92 Å². The average molecular weight is 344 g/mol. The van der Waals surface area contributed by atoms with Crippen LogP contribution in [0.25, 0.3) is 0 Å². The van der Waals surface area contributed by atoms with Crippen LogP contribution >= 0.6 is 0 Å². The smallest absolute Gasteiger partial charge is 0.321 e. The molecule has 6 heteroatoms. The number of nitrogens with one attached hydrogen (secondary N) is 1. The van der Waals surface area contributed by atoms with Gasteiger partial charge in [0.25, 0.3) is 0 Å². The maximum Gasteiger partial charge on any atom is 0.321 e. The van der Waals surface area contributed by atoms with Crippen molar-refractivity contribution in [2.75, 3.05) is 25.0 Å². The van der Waals surface area contributed by atoms with Crippen molar-refractivity contribution in [1.82, 2.24) is 14.9 Å². The largest absolute Gasteiger partial charge is 0.378 e. The maximum absolute atomic E-state index is 12.4. The standard InChI is InChI=1S/C19H28N4O2/c24-19(22-16-11-20-18(21-12-16)15-5-6-15)23-9-7-17(8-10-23)25-13-14-3-1-2-4-14/h11-12,14-15,17H,1-10,13H2,(H,22,24). The SMILES string of the molecule is O=C(Nc1cnc(C2CC2)nc1)N1CCC(OCC2CCCC2)CC1. The third kappa shape index (κ3) is 4.48. The Labute approximate surface area is 149 Å². The van der Waals surface area contributed by atoms with Gasteiger partial charge in [-0.15, -0.1) is 0 Å². The van der Waals surface area contributed by atoms with Crippen LogP contribution in [0.2, 0.25) is 0 Å². The molecule has 136 valence electrons. The van der Waals surface area contributed by atoms with Crippen molar-refractivity contribution >= 4 is 11.7 Å². The van der Waals surface area contributed by atoms with Crippen LogP contribution in [0.1, 0.15) is 63.1 Å². The summed E-state index contributed by atoms with van der Waals surface area (Å²) in [7, 11) is 0. The lowest BCUT2D eigenvalue weighted by molar-refractivity contribution is -0.00115. The number of nitrogens with zero attached hydrogens (tertiary/aromatic N) is 3. The number of amides is 2. The van der Waals surface area contributed by atoms with Crippen LogP contribution in [0.4, 0.5) is 10.5 Å². The fourth-order valence-corrected chi connectivity index (χ4v) is 3.83. The fourth-order valence-electron chi connectivity index (χ4n) is 3.83. The van der Waals surface area contributed by atoms with E-state index < -0.39 is 0 Å². The van der Waals surface area contributed by atoms with Crippen molar-refractivity contribution in [3.8, 4) is 0 Å². The minimum absolute atomic E-state index is 0.0583. The molecule has 2 aliphatic carbocycles. The molecule has 25 heavy (non-hydrogen) atoms. The van der Waals surface area contributed by atoms with Gasteiger partial charge in [0.1, 0.15) is 5.82 Å². The Morgan fingerprint density at radius 3 is 2.40 bits per heavy atom. The summed E-state index contributed by atoms with van der Waals surface area (Å²) in [5.41, 5.74) is 0.675. The van der Waals surface area contributed by atoms with E-state index in [1.165, 1.54) is 38.5 Å². The van der Waals surface area contributed by atoms with Crippen molar-refractivity contribution in [3.63, 3.8) is 0 Å². The summed E-state index contributed by atoms with van der Waals surface area (Å²) in [4.78, 5) is 23.0. The lowest BCUT2D eigenvalue weighted by Crippen LogP contribution is -2.43. The Morgan fingerprint density at radius 1 is 1.08 bits per heavy atom. The summed E-state index contributed by atoms with van der Waals surface area (Å²) in [6.07, 6.45) is 13.3. The zero-order chi connectivity index (χ0) is 17.1. The zero-order valence-electron chi connectivity index (χ0n) is 14.8. The molecule has 6 nitrogen and oxygen atoms in total. The number of urea groups is 1. The normalized spacial score (nSPS) is 22.3. The first-order valence-corrected chi connectivity index (χ1v) is 9.77. The topological polar surface area (TPSA) is 67.4 Å². The summed E-state index contributed by atoms with van der Waals surface area (Å²) in [5.74, 6) is 2.20. The molecule has 4 rings (SSSR count). The quantitative estimate of drug-likeness (QED) is 0.887. The van der Waals surface area contributed by atoms with Gasteiger partial charge in [0.05, 0.1) is 24.2 Å². The minimum Gasteiger partial charge on any atom is -0.378 e. The second-order valence-corrected chi connectivity index (χ2v) is 7.70. The highest BCUT2D eigenvalue weighted by Crippen LogP contribution is 2.37. The Kier molecular flexibility index (Phi) is 5.15. The molecule has 0 radical (unpaired) electrons. The van der Waals surface area contributed by atoms with Gasteiger partial charge in [-0.2, -0.15) is 0 Å². The molecule has 3 fully saturated rings. The highest BCUT2D eigenvalue weighted by Gasteiger charge is 2.27. The molecule has 2 amide bonds. The molecular formula is C19H28N4O2. The predicted molar refractivity (Wildman–Crippen MR) is 95.5 cm³/mol. The second kappa shape index (κ2) is 7.68. The number of hydrogen-bond donors (Lipinski definition) is 1. The molecule has 2 saturated carbocycles. The van der Waals surface area contributed by atoms with Gasteiger partial charge in [0.15, 0.2) is 0 Å². The molecule has 0 spiro atoms. The molecule has 3 aliphatic rings. The Balaban J connectivity index is 1.19. The number of hydrogen-bond acceptors (Lipinski definition) is 4.